The summed E-state index contributed by atoms with van der Waals surface area (Å²) in [5.41, 5.74) is 0.637. The number of amides is 2. The summed E-state index contributed by atoms with van der Waals surface area (Å²) in [7, 11) is 0. The van der Waals surface area contributed by atoms with Crippen LogP contribution in [0.15, 0.2) is 84.4 Å². The summed E-state index contributed by atoms with van der Waals surface area (Å²) in [6.45, 7) is -0.352. The number of alkyl halides is 3. The highest BCUT2D eigenvalue weighted by atomic mass is 35.5. The molecule has 214 valence electrons. The Balaban J connectivity index is 1.58. The summed E-state index contributed by atoms with van der Waals surface area (Å²) in [4.78, 5) is 28.5. The van der Waals surface area contributed by atoms with E-state index in [4.69, 9.17) is 16.3 Å². The molecule has 1 aliphatic heterocycles. The zero-order chi connectivity index (χ0) is 29.3. The van der Waals surface area contributed by atoms with Crippen molar-refractivity contribution in [2.45, 2.75) is 36.9 Å². The van der Waals surface area contributed by atoms with Gasteiger partial charge in [0.2, 0.25) is 5.91 Å². The van der Waals surface area contributed by atoms with Crippen molar-refractivity contribution >= 4 is 23.4 Å². The van der Waals surface area contributed by atoms with Gasteiger partial charge in [-0.15, -0.1) is 0 Å². The lowest BCUT2D eigenvalue weighted by molar-refractivity contribution is -0.137. The van der Waals surface area contributed by atoms with Gasteiger partial charge in [0.15, 0.2) is 0 Å². The lowest BCUT2D eigenvalue weighted by atomic mass is 9.77. The maximum absolute atomic E-state index is 13.9. The zero-order valence-corrected chi connectivity index (χ0v) is 22.3. The van der Waals surface area contributed by atoms with Crippen LogP contribution in [-0.2, 0) is 17.5 Å². The molecule has 0 fully saturated rings. The van der Waals surface area contributed by atoms with Crippen molar-refractivity contribution in [3.05, 3.63) is 112 Å². The number of rotatable bonds is 7. The fourth-order valence-electron chi connectivity index (χ4n) is 5.26. The van der Waals surface area contributed by atoms with E-state index in [0.717, 1.165) is 24.3 Å². The number of hydrogen-bond donors (Lipinski definition) is 3. The molecule has 7 nitrogen and oxygen atoms in total. The molecule has 2 aliphatic rings. The third kappa shape index (κ3) is 5.81. The first-order valence-corrected chi connectivity index (χ1v) is 13.2. The Morgan fingerprint density at radius 2 is 1.68 bits per heavy atom. The third-order valence-electron chi connectivity index (χ3n) is 7.22. The van der Waals surface area contributed by atoms with Crippen LogP contribution in [0.25, 0.3) is 0 Å². The summed E-state index contributed by atoms with van der Waals surface area (Å²) in [5, 5.41) is 24.0. The van der Waals surface area contributed by atoms with Crippen molar-refractivity contribution in [1.82, 2.24) is 10.2 Å². The molecule has 1 aliphatic carbocycles. The predicted molar refractivity (Wildman–Crippen MR) is 144 cm³/mol. The number of ether oxygens (including phenoxy) is 1. The van der Waals surface area contributed by atoms with Gasteiger partial charge in [0, 0.05) is 34.8 Å². The van der Waals surface area contributed by atoms with E-state index in [1.807, 2.05) is 0 Å². The maximum Gasteiger partial charge on any atom is 0.416 e. The molecule has 0 unspecified atom stereocenters. The zero-order valence-electron chi connectivity index (χ0n) is 21.5. The second-order valence-corrected chi connectivity index (χ2v) is 10.3. The second kappa shape index (κ2) is 11.6. The van der Waals surface area contributed by atoms with E-state index >= 15 is 0 Å². The van der Waals surface area contributed by atoms with Crippen molar-refractivity contribution in [2.75, 3.05) is 13.2 Å². The number of hydrogen-bond acceptors (Lipinski definition) is 5. The number of nitrogens with zero attached hydrogens (tertiary/aromatic N) is 1. The molecule has 4 atom stereocenters. The summed E-state index contributed by atoms with van der Waals surface area (Å²) in [5.74, 6) is -1.31. The molecular formula is C30H26ClF3N2O5. The van der Waals surface area contributed by atoms with Gasteiger partial charge in [-0.05, 0) is 54.1 Å². The van der Waals surface area contributed by atoms with Gasteiger partial charge >= 0.3 is 6.18 Å². The SMILES string of the molecule is O=C(NCCO)C1=C[C@@H](N(Cc2ccc(Cl)cc2)C(=O)c2ccc(C(F)(F)F)cc2)[C@H](O)[C@H]2Oc3ccccc3[C@@H]12. The van der Waals surface area contributed by atoms with E-state index < -0.39 is 47.7 Å². The number of fused-ring (bicyclic) bond motifs is 3. The van der Waals surface area contributed by atoms with Crippen LogP contribution in [0.5, 0.6) is 5.75 Å². The molecule has 11 heteroatoms. The number of halogens is 4. The van der Waals surface area contributed by atoms with E-state index in [2.05, 4.69) is 5.32 Å². The molecular weight excluding hydrogens is 561 g/mol. The van der Waals surface area contributed by atoms with Crippen molar-refractivity contribution < 1.29 is 37.7 Å². The third-order valence-corrected chi connectivity index (χ3v) is 7.48. The average Bonchev–Trinajstić information content (AvgIpc) is 3.36. The second-order valence-electron chi connectivity index (χ2n) is 9.82. The van der Waals surface area contributed by atoms with E-state index in [1.165, 1.54) is 11.0 Å². The van der Waals surface area contributed by atoms with Gasteiger partial charge in [0.1, 0.15) is 18.0 Å². The molecule has 0 saturated heterocycles. The lowest BCUT2D eigenvalue weighted by Gasteiger charge is -2.40. The molecule has 5 rings (SSSR count). The number of nitrogens with one attached hydrogen (secondary N) is 1. The summed E-state index contributed by atoms with van der Waals surface area (Å²) < 4.78 is 45.6. The molecule has 3 N–H and O–H groups in total. The summed E-state index contributed by atoms with van der Waals surface area (Å²) in [6.07, 6.45) is -5.30. The molecule has 3 aromatic carbocycles. The highest BCUT2D eigenvalue weighted by Crippen LogP contribution is 2.47. The normalized spacial score (nSPS) is 21.3. The predicted octanol–water partition coefficient (Wildman–Crippen LogP) is 4.32. The number of carbonyl (C=O) groups excluding carboxylic acids is 2. The number of para-hydroxylation sites is 1. The van der Waals surface area contributed by atoms with Gasteiger partial charge in [-0.1, -0.05) is 41.9 Å². The summed E-state index contributed by atoms with van der Waals surface area (Å²) in [6, 6.07) is 16.4. The van der Waals surface area contributed by atoms with Crippen molar-refractivity contribution in [3.8, 4) is 5.75 Å². The number of carbonyl (C=O) groups is 2. The molecule has 3 aromatic rings. The van der Waals surface area contributed by atoms with Gasteiger partial charge in [-0.3, -0.25) is 9.59 Å². The van der Waals surface area contributed by atoms with Gasteiger partial charge in [-0.25, -0.2) is 0 Å². The molecule has 2 amide bonds. The first kappa shape index (κ1) is 28.7. The standard InChI is InChI=1S/C30H26ClF3N2O5/c31-20-11-5-17(6-12-20)16-36(29(40)18-7-9-19(10-8-18)30(32,33)34)23-15-22(28(39)35-13-14-37)25-21-3-1-2-4-24(21)41-27(25)26(23)38/h1-12,15,23,25-27,37-38H,13-14,16H2,(H,35,39)/t23-,25+,26+,27+/m1/s1. The molecule has 41 heavy (non-hydrogen) atoms. The van der Waals surface area contributed by atoms with Crippen LogP contribution in [-0.4, -0.2) is 58.3 Å². The highest BCUT2D eigenvalue weighted by molar-refractivity contribution is 6.30. The Labute approximate surface area is 238 Å². The van der Waals surface area contributed by atoms with Crippen LogP contribution < -0.4 is 10.1 Å². The van der Waals surface area contributed by atoms with Crippen LogP contribution in [0.2, 0.25) is 5.02 Å². The monoisotopic (exact) mass is 586 g/mol. The fraction of sp³-hybridized carbons (Fsp3) is 0.267. The Morgan fingerprint density at radius 3 is 2.34 bits per heavy atom. The molecule has 1 heterocycles. The van der Waals surface area contributed by atoms with Gasteiger partial charge < -0.3 is 25.2 Å². The van der Waals surface area contributed by atoms with Crippen molar-refractivity contribution in [2.24, 2.45) is 0 Å². The van der Waals surface area contributed by atoms with Gasteiger partial charge in [-0.2, -0.15) is 13.2 Å². The van der Waals surface area contributed by atoms with Crippen molar-refractivity contribution in [3.63, 3.8) is 0 Å². The van der Waals surface area contributed by atoms with Crippen LogP contribution in [0.3, 0.4) is 0 Å². The maximum atomic E-state index is 13.9. The fourth-order valence-corrected chi connectivity index (χ4v) is 5.38. The van der Waals surface area contributed by atoms with E-state index in [9.17, 15) is 33.0 Å². The average molecular weight is 587 g/mol. The van der Waals surface area contributed by atoms with Gasteiger partial charge in [0.05, 0.1) is 24.1 Å². The van der Waals surface area contributed by atoms with Crippen LogP contribution in [0.4, 0.5) is 13.2 Å². The number of aliphatic hydroxyl groups excluding tert-OH is 2. The van der Waals surface area contributed by atoms with E-state index in [0.29, 0.717) is 21.9 Å². The summed E-state index contributed by atoms with van der Waals surface area (Å²) >= 11 is 6.03. The quantitative estimate of drug-likeness (QED) is 0.383. The molecule has 0 saturated carbocycles. The minimum Gasteiger partial charge on any atom is -0.486 e. The van der Waals surface area contributed by atoms with E-state index in [1.54, 1.807) is 48.5 Å². The molecule has 0 radical (unpaired) electrons. The lowest BCUT2D eigenvalue weighted by Crippen LogP contribution is -2.55. The molecule has 0 spiro atoms. The first-order valence-electron chi connectivity index (χ1n) is 12.9. The Hall–Kier alpha value is -3.86. The van der Waals surface area contributed by atoms with Crippen molar-refractivity contribution in [1.29, 1.82) is 0 Å². The Morgan fingerprint density at radius 1 is 1.00 bits per heavy atom. The smallest absolute Gasteiger partial charge is 0.416 e. The first-order chi connectivity index (χ1) is 19.6. The van der Waals surface area contributed by atoms with E-state index in [-0.39, 0.29) is 30.8 Å². The van der Waals surface area contributed by atoms with Crippen LogP contribution in [0, 0.1) is 0 Å². The number of aliphatic hydroxyl groups is 2. The number of benzene rings is 3. The highest BCUT2D eigenvalue weighted by Gasteiger charge is 2.50. The van der Waals surface area contributed by atoms with Crippen LogP contribution in [0.1, 0.15) is 33.0 Å². The van der Waals surface area contributed by atoms with Crippen LogP contribution >= 0.6 is 11.6 Å². The molecule has 0 bridgehead atoms. The minimum atomic E-state index is -4.58. The topological polar surface area (TPSA) is 99.1 Å². The molecule has 0 aromatic heterocycles. The Bertz CT molecular complexity index is 1460. The largest absolute Gasteiger partial charge is 0.486 e. The van der Waals surface area contributed by atoms with Gasteiger partial charge in [0.25, 0.3) is 5.91 Å². The minimum absolute atomic E-state index is 0.0116. The Kier molecular flexibility index (Phi) is 8.08.